The predicted octanol–water partition coefficient (Wildman–Crippen LogP) is -0.270. The minimum atomic E-state index is 0.0752. The molecule has 1 aliphatic rings. The monoisotopic (exact) mass is 155 g/mol. The van der Waals surface area contributed by atoms with Crippen LogP contribution >= 0.6 is 0 Å². The Morgan fingerprint density at radius 2 is 2.64 bits per heavy atom. The fraction of sp³-hybridized carbons (Fsp3) is 0.667. The summed E-state index contributed by atoms with van der Waals surface area (Å²) < 4.78 is 10.2. The van der Waals surface area contributed by atoms with E-state index < -0.39 is 0 Å². The lowest BCUT2D eigenvalue weighted by Crippen LogP contribution is -2.34. The zero-order valence-electron chi connectivity index (χ0n) is 5.99. The van der Waals surface area contributed by atoms with Crippen LogP contribution in [0.15, 0.2) is 10.8 Å². The molecule has 0 aliphatic carbocycles. The summed E-state index contributed by atoms with van der Waals surface area (Å²) in [6.07, 6.45) is 1.33. The van der Waals surface area contributed by atoms with Gasteiger partial charge in [0.1, 0.15) is 6.04 Å². The highest BCUT2D eigenvalue weighted by atomic mass is 16.5. The molecule has 60 valence electrons. The van der Waals surface area contributed by atoms with E-state index in [0.717, 1.165) is 13.2 Å². The SMILES string of the molecule is c1nnc([C@@H]2COCCN2)o1. The van der Waals surface area contributed by atoms with E-state index in [9.17, 15) is 0 Å². The second-order valence-corrected chi connectivity index (χ2v) is 2.36. The van der Waals surface area contributed by atoms with E-state index in [0.29, 0.717) is 12.5 Å². The van der Waals surface area contributed by atoms with Crippen LogP contribution in [-0.4, -0.2) is 30.0 Å². The maximum atomic E-state index is 5.22. The molecular weight excluding hydrogens is 146 g/mol. The van der Waals surface area contributed by atoms with Gasteiger partial charge in [0, 0.05) is 6.54 Å². The van der Waals surface area contributed by atoms with Crippen molar-refractivity contribution in [3.63, 3.8) is 0 Å². The fourth-order valence-corrected chi connectivity index (χ4v) is 1.06. The Kier molecular flexibility index (Phi) is 1.83. The first-order chi connectivity index (χ1) is 5.47. The number of hydrogen-bond acceptors (Lipinski definition) is 5. The molecule has 0 radical (unpaired) electrons. The van der Waals surface area contributed by atoms with Crippen LogP contribution < -0.4 is 5.32 Å². The molecule has 0 aromatic carbocycles. The van der Waals surface area contributed by atoms with Gasteiger partial charge >= 0.3 is 0 Å². The maximum absolute atomic E-state index is 5.22. The van der Waals surface area contributed by atoms with Crippen molar-refractivity contribution in [3.8, 4) is 0 Å². The molecule has 0 unspecified atom stereocenters. The van der Waals surface area contributed by atoms with Gasteiger partial charge in [0.05, 0.1) is 13.2 Å². The molecule has 11 heavy (non-hydrogen) atoms. The summed E-state index contributed by atoms with van der Waals surface area (Å²) in [5.41, 5.74) is 0. The van der Waals surface area contributed by atoms with Gasteiger partial charge in [-0.2, -0.15) is 0 Å². The van der Waals surface area contributed by atoms with Crippen molar-refractivity contribution >= 4 is 0 Å². The second-order valence-electron chi connectivity index (χ2n) is 2.36. The Morgan fingerprint density at radius 3 is 3.27 bits per heavy atom. The highest BCUT2D eigenvalue weighted by Gasteiger charge is 2.19. The van der Waals surface area contributed by atoms with Crippen molar-refractivity contribution < 1.29 is 9.15 Å². The average Bonchev–Trinajstić information content (AvgIpc) is 2.58. The van der Waals surface area contributed by atoms with Gasteiger partial charge in [0.25, 0.3) is 0 Å². The van der Waals surface area contributed by atoms with E-state index in [1.165, 1.54) is 6.39 Å². The summed E-state index contributed by atoms with van der Waals surface area (Å²) >= 11 is 0. The van der Waals surface area contributed by atoms with E-state index >= 15 is 0 Å². The Morgan fingerprint density at radius 1 is 1.64 bits per heavy atom. The van der Waals surface area contributed by atoms with Crippen molar-refractivity contribution in [1.29, 1.82) is 0 Å². The largest absolute Gasteiger partial charge is 0.426 e. The number of rotatable bonds is 1. The molecule has 1 N–H and O–H groups in total. The molecule has 0 spiro atoms. The quantitative estimate of drug-likeness (QED) is 0.605. The van der Waals surface area contributed by atoms with Crippen LogP contribution in [0.3, 0.4) is 0 Å². The summed E-state index contributed by atoms with van der Waals surface area (Å²) in [7, 11) is 0. The zero-order chi connectivity index (χ0) is 7.52. The third kappa shape index (κ3) is 1.38. The molecule has 1 fully saturated rings. The van der Waals surface area contributed by atoms with Gasteiger partial charge in [-0.1, -0.05) is 0 Å². The van der Waals surface area contributed by atoms with E-state index in [2.05, 4.69) is 15.5 Å². The highest BCUT2D eigenvalue weighted by Crippen LogP contribution is 2.11. The van der Waals surface area contributed by atoms with Gasteiger partial charge < -0.3 is 14.5 Å². The Labute approximate surface area is 63.8 Å². The Hall–Kier alpha value is -0.940. The van der Waals surface area contributed by atoms with Crippen LogP contribution in [0.4, 0.5) is 0 Å². The highest BCUT2D eigenvalue weighted by molar-refractivity contribution is 4.87. The van der Waals surface area contributed by atoms with Gasteiger partial charge in [-0.3, -0.25) is 0 Å². The molecule has 2 heterocycles. The lowest BCUT2D eigenvalue weighted by molar-refractivity contribution is 0.0681. The third-order valence-electron chi connectivity index (χ3n) is 1.60. The van der Waals surface area contributed by atoms with Gasteiger partial charge in [-0.25, -0.2) is 0 Å². The first-order valence-electron chi connectivity index (χ1n) is 3.54. The molecular formula is C6H9N3O2. The first kappa shape index (κ1) is 6.75. The van der Waals surface area contributed by atoms with E-state index in [1.54, 1.807) is 0 Å². The van der Waals surface area contributed by atoms with Gasteiger partial charge in [0.2, 0.25) is 12.3 Å². The molecule has 5 heteroatoms. The zero-order valence-corrected chi connectivity index (χ0v) is 5.99. The van der Waals surface area contributed by atoms with Gasteiger partial charge in [-0.05, 0) is 0 Å². The van der Waals surface area contributed by atoms with Gasteiger partial charge in [0.15, 0.2) is 0 Å². The molecule has 1 atom stereocenters. The first-order valence-corrected chi connectivity index (χ1v) is 3.54. The van der Waals surface area contributed by atoms with Crippen LogP contribution in [0, 0.1) is 0 Å². The molecule has 5 nitrogen and oxygen atoms in total. The number of aromatic nitrogens is 2. The van der Waals surface area contributed by atoms with E-state index in [-0.39, 0.29) is 6.04 Å². The lowest BCUT2D eigenvalue weighted by atomic mass is 10.3. The molecule has 1 aliphatic heterocycles. The Bertz CT molecular complexity index is 206. The molecule has 0 amide bonds. The average molecular weight is 155 g/mol. The second kappa shape index (κ2) is 2.98. The summed E-state index contributed by atoms with van der Waals surface area (Å²) in [6, 6.07) is 0.0752. The standard InChI is InChI=1S/C6H9N3O2/c1-2-10-3-5(7-1)6-9-8-4-11-6/h4-5,7H,1-3H2/t5-/m0/s1. The minimum absolute atomic E-state index is 0.0752. The summed E-state index contributed by atoms with van der Waals surface area (Å²) in [4.78, 5) is 0. The summed E-state index contributed by atoms with van der Waals surface area (Å²) in [6.45, 7) is 2.21. The number of nitrogens with one attached hydrogen (secondary N) is 1. The smallest absolute Gasteiger partial charge is 0.235 e. The number of hydrogen-bond donors (Lipinski definition) is 1. The van der Waals surface area contributed by atoms with Crippen LogP contribution in [0.5, 0.6) is 0 Å². The van der Waals surface area contributed by atoms with Crippen molar-refractivity contribution in [1.82, 2.24) is 15.5 Å². The lowest BCUT2D eigenvalue weighted by Gasteiger charge is -2.20. The fourth-order valence-electron chi connectivity index (χ4n) is 1.06. The van der Waals surface area contributed by atoms with Gasteiger partial charge in [-0.15, -0.1) is 10.2 Å². The number of nitrogens with zero attached hydrogens (tertiary/aromatic N) is 2. The maximum Gasteiger partial charge on any atom is 0.235 e. The topological polar surface area (TPSA) is 60.2 Å². The molecule has 1 aromatic rings. The summed E-state index contributed by atoms with van der Waals surface area (Å²) in [5.74, 6) is 0.602. The van der Waals surface area contributed by atoms with E-state index in [1.807, 2.05) is 0 Å². The van der Waals surface area contributed by atoms with Crippen molar-refractivity contribution in [2.24, 2.45) is 0 Å². The number of ether oxygens (including phenoxy) is 1. The normalized spacial score (nSPS) is 25.3. The predicted molar refractivity (Wildman–Crippen MR) is 35.9 cm³/mol. The minimum Gasteiger partial charge on any atom is -0.426 e. The molecule has 2 rings (SSSR count). The van der Waals surface area contributed by atoms with Crippen molar-refractivity contribution in [2.45, 2.75) is 6.04 Å². The number of morpholine rings is 1. The van der Waals surface area contributed by atoms with Crippen molar-refractivity contribution in [2.75, 3.05) is 19.8 Å². The molecule has 0 bridgehead atoms. The van der Waals surface area contributed by atoms with Crippen LogP contribution in [0.25, 0.3) is 0 Å². The third-order valence-corrected chi connectivity index (χ3v) is 1.60. The molecule has 1 aromatic heterocycles. The van der Waals surface area contributed by atoms with Crippen LogP contribution in [-0.2, 0) is 4.74 Å². The molecule has 0 saturated carbocycles. The van der Waals surface area contributed by atoms with Crippen LogP contribution in [0.1, 0.15) is 11.9 Å². The Balaban J connectivity index is 2.04. The van der Waals surface area contributed by atoms with Crippen LogP contribution in [0.2, 0.25) is 0 Å². The molecule has 1 saturated heterocycles. The van der Waals surface area contributed by atoms with E-state index in [4.69, 9.17) is 9.15 Å². The van der Waals surface area contributed by atoms with Crippen molar-refractivity contribution in [3.05, 3.63) is 12.3 Å². The summed E-state index contributed by atoms with van der Waals surface area (Å²) in [5, 5.41) is 10.6.